The van der Waals surface area contributed by atoms with Crippen molar-refractivity contribution >= 4 is 28.3 Å². The van der Waals surface area contributed by atoms with Gasteiger partial charge >= 0.3 is 0 Å². The molecule has 2 aromatic rings. The summed E-state index contributed by atoms with van der Waals surface area (Å²) in [7, 11) is 0. The third-order valence-corrected chi connectivity index (χ3v) is 5.43. The van der Waals surface area contributed by atoms with Crippen molar-refractivity contribution in [2.45, 2.75) is 24.8 Å². The second kappa shape index (κ2) is 5.39. The minimum atomic E-state index is 0. The molecule has 2 aliphatic rings. The lowest BCUT2D eigenvalue weighted by molar-refractivity contribution is 0.233. The van der Waals surface area contributed by atoms with Gasteiger partial charge < -0.3 is 0 Å². The SMILES string of the molecule is Br.c1ccc([C@H]2CN3CCC[C@H]3c3ccsc32)cc1. The van der Waals surface area contributed by atoms with Crippen molar-refractivity contribution in [2.75, 3.05) is 13.1 Å². The Kier molecular flexibility index (Phi) is 3.79. The van der Waals surface area contributed by atoms with Gasteiger partial charge in [0, 0.05) is 23.4 Å². The fourth-order valence-electron chi connectivity index (χ4n) is 3.55. The van der Waals surface area contributed by atoms with E-state index in [1.807, 2.05) is 11.3 Å². The highest BCUT2D eigenvalue weighted by Gasteiger charge is 2.36. The third-order valence-electron chi connectivity index (χ3n) is 4.39. The van der Waals surface area contributed by atoms with Gasteiger partial charge in [-0.25, -0.2) is 0 Å². The molecule has 0 amide bonds. The van der Waals surface area contributed by atoms with Crippen LogP contribution >= 0.6 is 28.3 Å². The molecule has 2 atom stereocenters. The van der Waals surface area contributed by atoms with Crippen LogP contribution in [0.1, 0.15) is 40.8 Å². The molecular formula is C16H18BrNS. The Hall–Kier alpha value is -0.640. The maximum absolute atomic E-state index is 2.69. The van der Waals surface area contributed by atoms with Crippen LogP contribution in [-0.4, -0.2) is 18.0 Å². The van der Waals surface area contributed by atoms with E-state index in [9.17, 15) is 0 Å². The van der Waals surface area contributed by atoms with Crippen LogP contribution in [-0.2, 0) is 0 Å². The molecule has 1 aromatic heterocycles. The van der Waals surface area contributed by atoms with E-state index in [0.29, 0.717) is 12.0 Å². The van der Waals surface area contributed by atoms with E-state index in [1.54, 1.807) is 10.4 Å². The van der Waals surface area contributed by atoms with Gasteiger partial charge in [0.2, 0.25) is 0 Å². The zero-order valence-electron chi connectivity index (χ0n) is 10.8. The van der Waals surface area contributed by atoms with Gasteiger partial charge in [-0.3, -0.25) is 4.90 Å². The summed E-state index contributed by atoms with van der Waals surface area (Å²) in [5.74, 6) is 0.593. The Balaban J connectivity index is 0.00000110. The third kappa shape index (κ3) is 2.18. The summed E-state index contributed by atoms with van der Waals surface area (Å²) in [6.45, 7) is 2.49. The Labute approximate surface area is 129 Å². The maximum atomic E-state index is 2.69. The molecule has 0 aliphatic carbocycles. The van der Waals surface area contributed by atoms with E-state index < -0.39 is 0 Å². The normalized spacial score (nSPS) is 25.5. The van der Waals surface area contributed by atoms with Gasteiger partial charge in [-0.2, -0.15) is 0 Å². The number of nitrogens with zero attached hydrogens (tertiary/aromatic N) is 1. The van der Waals surface area contributed by atoms with E-state index in [2.05, 4.69) is 46.7 Å². The summed E-state index contributed by atoms with van der Waals surface area (Å²) < 4.78 is 0. The highest BCUT2D eigenvalue weighted by Crippen LogP contribution is 2.46. The Morgan fingerprint density at radius 1 is 1.11 bits per heavy atom. The second-order valence-corrected chi connectivity index (χ2v) is 6.30. The molecule has 100 valence electrons. The fraction of sp³-hybridized carbons (Fsp3) is 0.375. The smallest absolute Gasteiger partial charge is 0.0360 e. The van der Waals surface area contributed by atoms with Crippen molar-refractivity contribution in [3.8, 4) is 0 Å². The van der Waals surface area contributed by atoms with Crippen LogP contribution in [0.2, 0.25) is 0 Å². The van der Waals surface area contributed by atoms with Crippen molar-refractivity contribution in [1.82, 2.24) is 4.90 Å². The summed E-state index contributed by atoms with van der Waals surface area (Å²) in [4.78, 5) is 4.30. The molecule has 0 saturated carbocycles. The van der Waals surface area contributed by atoms with Crippen LogP contribution < -0.4 is 0 Å². The molecule has 1 fully saturated rings. The number of fused-ring (bicyclic) bond motifs is 3. The number of thiophene rings is 1. The predicted octanol–water partition coefficient (Wildman–Crippen LogP) is 4.61. The lowest BCUT2D eigenvalue weighted by Crippen LogP contribution is -2.33. The van der Waals surface area contributed by atoms with Crippen molar-refractivity contribution in [2.24, 2.45) is 0 Å². The average molecular weight is 336 g/mol. The van der Waals surface area contributed by atoms with Crippen LogP contribution in [0.3, 0.4) is 0 Å². The summed E-state index contributed by atoms with van der Waals surface area (Å²) in [6.07, 6.45) is 2.71. The standard InChI is InChI=1S/C16H17NS.BrH/c1-2-5-12(6-3-1)14-11-17-9-4-7-15(17)13-8-10-18-16(13)14;/h1-3,5-6,8,10,14-15H,4,7,9,11H2;1H/t14-,15+;/m1./s1. The molecule has 4 rings (SSSR count). The van der Waals surface area contributed by atoms with Crippen LogP contribution in [0, 0.1) is 0 Å². The Morgan fingerprint density at radius 3 is 2.79 bits per heavy atom. The van der Waals surface area contributed by atoms with E-state index >= 15 is 0 Å². The van der Waals surface area contributed by atoms with Gasteiger partial charge in [-0.1, -0.05) is 30.3 Å². The molecule has 0 spiro atoms. The highest BCUT2D eigenvalue weighted by atomic mass is 79.9. The molecule has 3 heterocycles. The van der Waals surface area contributed by atoms with Gasteiger partial charge in [0.15, 0.2) is 0 Å². The van der Waals surface area contributed by atoms with E-state index in [1.165, 1.54) is 31.5 Å². The molecule has 1 nitrogen and oxygen atoms in total. The predicted molar refractivity (Wildman–Crippen MR) is 86.5 cm³/mol. The summed E-state index contributed by atoms with van der Waals surface area (Å²) in [5.41, 5.74) is 3.09. The number of halogens is 1. The lowest BCUT2D eigenvalue weighted by atomic mass is 9.88. The number of hydrogen-bond donors (Lipinski definition) is 0. The van der Waals surface area contributed by atoms with Gasteiger partial charge in [-0.15, -0.1) is 28.3 Å². The highest BCUT2D eigenvalue weighted by molar-refractivity contribution is 8.93. The zero-order chi connectivity index (χ0) is 11.9. The topological polar surface area (TPSA) is 3.24 Å². The van der Waals surface area contributed by atoms with E-state index in [-0.39, 0.29) is 17.0 Å². The van der Waals surface area contributed by atoms with E-state index in [0.717, 1.165) is 0 Å². The van der Waals surface area contributed by atoms with Crippen LogP contribution in [0.25, 0.3) is 0 Å². The molecule has 1 saturated heterocycles. The van der Waals surface area contributed by atoms with Gasteiger partial charge in [0.1, 0.15) is 0 Å². The first-order valence-electron chi connectivity index (χ1n) is 6.80. The van der Waals surface area contributed by atoms with Gasteiger partial charge in [-0.05, 0) is 42.0 Å². The van der Waals surface area contributed by atoms with Crippen LogP contribution in [0.5, 0.6) is 0 Å². The molecule has 1 aromatic carbocycles. The number of hydrogen-bond acceptors (Lipinski definition) is 2. The van der Waals surface area contributed by atoms with E-state index in [4.69, 9.17) is 0 Å². The van der Waals surface area contributed by atoms with Crippen molar-refractivity contribution in [3.05, 3.63) is 57.8 Å². The first-order valence-corrected chi connectivity index (χ1v) is 7.68. The van der Waals surface area contributed by atoms with Crippen molar-refractivity contribution in [1.29, 1.82) is 0 Å². The minimum absolute atomic E-state index is 0. The van der Waals surface area contributed by atoms with Crippen molar-refractivity contribution < 1.29 is 0 Å². The molecule has 3 heteroatoms. The van der Waals surface area contributed by atoms with Gasteiger partial charge in [0.25, 0.3) is 0 Å². The molecule has 0 radical (unpaired) electrons. The molecule has 0 bridgehead atoms. The number of benzene rings is 1. The van der Waals surface area contributed by atoms with Crippen LogP contribution in [0.4, 0.5) is 0 Å². The van der Waals surface area contributed by atoms with Crippen LogP contribution in [0.15, 0.2) is 41.8 Å². The molecule has 19 heavy (non-hydrogen) atoms. The Bertz CT molecular complexity index is 551. The quantitative estimate of drug-likeness (QED) is 0.735. The summed E-state index contributed by atoms with van der Waals surface area (Å²) >= 11 is 1.95. The fourth-order valence-corrected chi connectivity index (χ4v) is 4.62. The van der Waals surface area contributed by atoms with Gasteiger partial charge in [0.05, 0.1) is 0 Å². The minimum Gasteiger partial charge on any atom is -0.295 e. The first kappa shape index (κ1) is 13.3. The molecule has 0 N–H and O–H groups in total. The average Bonchev–Trinajstić information content (AvgIpc) is 3.06. The number of rotatable bonds is 1. The summed E-state index contributed by atoms with van der Waals surface area (Å²) in [5, 5.41) is 2.28. The lowest BCUT2D eigenvalue weighted by Gasteiger charge is -2.35. The first-order chi connectivity index (χ1) is 8.93. The van der Waals surface area contributed by atoms with Crippen molar-refractivity contribution in [3.63, 3.8) is 0 Å². The molecule has 0 unspecified atom stereocenters. The monoisotopic (exact) mass is 335 g/mol. The maximum Gasteiger partial charge on any atom is 0.0360 e. The summed E-state index contributed by atoms with van der Waals surface area (Å²) in [6, 6.07) is 14.1. The Morgan fingerprint density at radius 2 is 1.95 bits per heavy atom. The molecule has 2 aliphatic heterocycles. The zero-order valence-corrected chi connectivity index (χ0v) is 13.3. The largest absolute Gasteiger partial charge is 0.295 e. The second-order valence-electron chi connectivity index (χ2n) is 5.36. The molecular weight excluding hydrogens is 318 g/mol.